The van der Waals surface area contributed by atoms with Gasteiger partial charge in [-0.25, -0.2) is 4.79 Å². The fourth-order valence-electron chi connectivity index (χ4n) is 1.51. The lowest BCUT2D eigenvalue weighted by Crippen LogP contribution is -2.47. The third-order valence-corrected chi connectivity index (χ3v) is 2.31. The molecule has 0 bridgehead atoms. The highest BCUT2D eigenvalue weighted by molar-refractivity contribution is 5.69. The maximum Gasteiger partial charge on any atom is 0.410 e. The van der Waals surface area contributed by atoms with Crippen LogP contribution in [0, 0.1) is 0 Å². The fourth-order valence-corrected chi connectivity index (χ4v) is 1.51. The number of likely N-dealkylation sites (tertiary alicyclic amines) is 1. The van der Waals surface area contributed by atoms with Crippen LogP contribution in [0.25, 0.3) is 0 Å². The van der Waals surface area contributed by atoms with E-state index >= 15 is 0 Å². The van der Waals surface area contributed by atoms with Gasteiger partial charge in [-0.05, 0) is 27.2 Å². The Labute approximate surface area is 93.6 Å². The van der Waals surface area contributed by atoms with Crippen LogP contribution in [0.15, 0.2) is 10.8 Å². The van der Waals surface area contributed by atoms with E-state index in [0.717, 1.165) is 6.42 Å². The second-order valence-electron chi connectivity index (χ2n) is 4.76. The second kappa shape index (κ2) is 3.77. The quantitative estimate of drug-likeness (QED) is 0.728. The van der Waals surface area contributed by atoms with E-state index in [1.54, 1.807) is 4.90 Å². The minimum atomic E-state index is -0.480. The molecule has 2 heterocycles. The number of aromatic nitrogens is 2. The van der Waals surface area contributed by atoms with Crippen molar-refractivity contribution in [2.75, 3.05) is 6.54 Å². The van der Waals surface area contributed by atoms with Gasteiger partial charge in [-0.2, -0.15) is 0 Å². The van der Waals surface area contributed by atoms with Gasteiger partial charge in [0.15, 0.2) is 0 Å². The van der Waals surface area contributed by atoms with Crippen LogP contribution in [-0.4, -0.2) is 33.3 Å². The SMILES string of the molecule is CC(C)(C)OC(=O)N1CCC1c1nnco1. The molecule has 1 aliphatic heterocycles. The van der Waals surface area contributed by atoms with Crippen LogP contribution in [0.4, 0.5) is 4.79 Å². The van der Waals surface area contributed by atoms with Gasteiger partial charge >= 0.3 is 6.09 Å². The minimum Gasteiger partial charge on any atom is -0.444 e. The summed E-state index contributed by atoms with van der Waals surface area (Å²) >= 11 is 0. The fraction of sp³-hybridized carbons (Fsp3) is 0.700. The summed E-state index contributed by atoms with van der Waals surface area (Å²) in [5.41, 5.74) is -0.480. The first kappa shape index (κ1) is 10.9. The predicted molar refractivity (Wildman–Crippen MR) is 54.6 cm³/mol. The molecule has 0 aliphatic carbocycles. The van der Waals surface area contributed by atoms with Crippen molar-refractivity contribution in [2.24, 2.45) is 0 Å². The van der Waals surface area contributed by atoms with Gasteiger partial charge in [0.1, 0.15) is 11.6 Å². The summed E-state index contributed by atoms with van der Waals surface area (Å²) in [5, 5.41) is 7.40. The van der Waals surface area contributed by atoms with Gasteiger partial charge in [0.25, 0.3) is 0 Å². The van der Waals surface area contributed by atoms with Crippen LogP contribution in [0.5, 0.6) is 0 Å². The number of amides is 1. The monoisotopic (exact) mass is 225 g/mol. The van der Waals surface area contributed by atoms with Crippen molar-refractivity contribution in [3.05, 3.63) is 12.3 Å². The molecule has 0 N–H and O–H groups in total. The van der Waals surface area contributed by atoms with Gasteiger partial charge in [-0.3, -0.25) is 4.90 Å². The molecule has 6 nitrogen and oxygen atoms in total. The van der Waals surface area contributed by atoms with E-state index < -0.39 is 5.60 Å². The largest absolute Gasteiger partial charge is 0.444 e. The Kier molecular flexibility index (Phi) is 2.57. The smallest absolute Gasteiger partial charge is 0.410 e. The zero-order valence-electron chi connectivity index (χ0n) is 9.64. The van der Waals surface area contributed by atoms with Crippen LogP contribution < -0.4 is 0 Å². The van der Waals surface area contributed by atoms with Gasteiger partial charge < -0.3 is 9.15 Å². The van der Waals surface area contributed by atoms with E-state index in [0.29, 0.717) is 12.4 Å². The molecule has 0 radical (unpaired) electrons. The third kappa shape index (κ3) is 2.15. The Morgan fingerprint density at radius 1 is 1.62 bits per heavy atom. The molecule has 16 heavy (non-hydrogen) atoms. The lowest BCUT2D eigenvalue weighted by molar-refractivity contribution is -0.0109. The molecular weight excluding hydrogens is 210 g/mol. The Hall–Kier alpha value is -1.59. The molecule has 6 heteroatoms. The number of hydrogen-bond donors (Lipinski definition) is 0. The van der Waals surface area contributed by atoms with Crippen molar-refractivity contribution in [3.63, 3.8) is 0 Å². The van der Waals surface area contributed by atoms with Crippen molar-refractivity contribution in [3.8, 4) is 0 Å². The zero-order valence-corrected chi connectivity index (χ0v) is 9.64. The van der Waals surface area contributed by atoms with E-state index in [2.05, 4.69) is 10.2 Å². The molecule has 1 amide bonds. The van der Waals surface area contributed by atoms with Crippen LogP contribution in [0.1, 0.15) is 39.1 Å². The first-order valence-corrected chi connectivity index (χ1v) is 5.23. The molecule has 88 valence electrons. The van der Waals surface area contributed by atoms with Crippen molar-refractivity contribution in [1.82, 2.24) is 15.1 Å². The van der Waals surface area contributed by atoms with Crippen molar-refractivity contribution >= 4 is 6.09 Å². The standard InChI is InChI=1S/C10H15N3O3/c1-10(2,3)16-9(14)13-5-4-7(13)8-12-11-6-15-8/h6-7H,4-5H2,1-3H3. The van der Waals surface area contributed by atoms with Gasteiger partial charge in [0, 0.05) is 6.54 Å². The first-order valence-electron chi connectivity index (χ1n) is 5.23. The molecular formula is C10H15N3O3. The van der Waals surface area contributed by atoms with E-state index in [-0.39, 0.29) is 12.1 Å². The molecule has 0 saturated carbocycles. The lowest BCUT2D eigenvalue weighted by Gasteiger charge is -2.39. The van der Waals surface area contributed by atoms with Gasteiger partial charge in [0.05, 0.1) is 0 Å². The molecule has 1 aromatic heterocycles. The average molecular weight is 225 g/mol. The van der Waals surface area contributed by atoms with E-state index in [1.807, 2.05) is 20.8 Å². The normalized spacial score (nSPS) is 20.4. The topological polar surface area (TPSA) is 68.5 Å². The predicted octanol–water partition coefficient (Wildman–Crippen LogP) is 1.75. The molecule has 1 aliphatic rings. The number of carbonyl (C=O) groups is 1. The first-order chi connectivity index (χ1) is 7.47. The number of nitrogens with zero attached hydrogens (tertiary/aromatic N) is 3. The molecule has 1 fully saturated rings. The van der Waals surface area contributed by atoms with E-state index in [9.17, 15) is 4.79 Å². The van der Waals surface area contributed by atoms with E-state index in [1.165, 1.54) is 6.39 Å². The zero-order chi connectivity index (χ0) is 11.8. The Morgan fingerprint density at radius 2 is 2.38 bits per heavy atom. The van der Waals surface area contributed by atoms with Gasteiger partial charge in [0.2, 0.25) is 12.3 Å². The maximum absolute atomic E-state index is 11.8. The lowest BCUT2D eigenvalue weighted by atomic mass is 10.0. The molecule has 1 saturated heterocycles. The second-order valence-corrected chi connectivity index (χ2v) is 4.76. The summed E-state index contributed by atoms with van der Waals surface area (Å²) in [4.78, 5) is 13.4. The summed E-state index contributed by atoms with van der Waals surface area (Å²) in [6.45, 7) is 6.19. The van der Waals surface area contributed by atoms with Crippen molar-refractivity contribution in [2.45, 2.75) is 38.8 Å². The molecule has 1 unspecified atom stereocenters. The van der Waals surface area contributed by atoms with Crippen molar-refractivity contribution < 1.29 is 13.9 Å². The molecule has 2 rings (SSSR count). The van der Waals surface area contributed by atoms with Crippen LogP contribution in [-0.2, 0) is 4.74 Å². The number of hydrogen-bond acceptors (Lipinski definition) is 5. The highest BCUT2D eigenvalue weighted by Gasteiger charge is 2.39. The summed E-state index contributed by atoms with van der Waals surface area (Å²) in [7, 11) is 0. The van der Waals surface area contributed by atoms with Gasteiger partial charge in [-0.1, -0.05) is 0 Å². The summed E-state index contributed by atoms with van der Waals surface area (Å²) in [6.07, 6.45) is 1.77. The van der Waals surface area contributed by atoms with Crippen molar-refractivity contribution in [1.29, 1.82) is 0 Å². The Morgan fingerprint density at radius 3 is 2.81 bits per heavy atom. The molecule has 0 spiro atoms. The third-order valence-electron chi connectivity index (χ3n) is 2.31. The average Bonchev–Trinajstić information content (AvgIpc) is 2.50. The Balaban J connectivity index is 1.99. The highest BCUT2D eigenvalue weighted by atomic mass is 16.6. The van der Waals surface area contributed by atoms with Crippen LogP contribution in [0.2, 0.25) is 0 Å². The number of ether oxygens (including phenoxy) is 1. The highest BCUT2D eigenvalue weighted by Crippen LogP contribution is 2.32. The van der Waals surface area contributed by atoms with Crippen LogP contribution >= 0.6 is 0 Å². The number of rotatable bonds is 1. The molecule has 1 atom stereocenters. The Bertz CT molecular complexity index is 369. The summed E-state index contributed by atoms with van der Waals surface area (Å²) in [5.74, 6) is 0.470. The molecule has 1 aromatic rings. The summed E-state index contributed by atoms with van der Waals surface area (Å²) in [6, 6.07) is -0.127. The minimum absolute atomic E-state index is 0.127. The van der Waals surface area contributed by atoms with Crippen LogP contribution in [0.3, 0.4) is 0 Å². The van der Waals surface area contributed by atoms with Gasteiger partial charge in [-0.15, -0.1) is 10.2 Å². The summed E-state index contributed by atoms with van der Waals surface area (Å²) < 4.78 is 10.3. The molecule has 0 aromatic carbocycles. The number of carbonyl (C=O) groups excluding carboxylic acids is 1. The van der Waals surface area contributed by atoms with E-state index in [4.69, 9.17) is 9.15 Å². The maximum atomic E-state index is 11.8.